The Morgan fingerprint density at radius 3 is 2.86 bits per heavy atom. The second-order valence-electron chi connectivity index (χ2n) is 5.88. The fraction of sp³-hybridized carbons (Fsp3) is 0.316. The molecule has 1 atom stereocenters. The third-order valence-corrected chi connectivity index (χ3v) is 4.42. The Kier molecular flexibility index (Phi) is 3.87. The van der Waals surface area contributed by atoms with Crippen molar-refractivity contribution < 1.29 is 9.18 Å². The molecule has 0 radical (unpaired) electrons. The minimum Gasteiger partial charge on any atom is -0.294 e. The summed E-state index contributed by atoms with van der Waals surface area (Å²) < 4.78 is 13.6. The molecular formula is C19H19FO. The van der Waals surface area contributed by atoms with E-state index in [4.69, 9.17) is 0 Å². The largest absolute Gasteiger partial charge is 0.294 e. The van der Waals surface area contributed by atoms with Crippen molar-refractivity contribution in [1.29, 1.82) is 0 Å². The lowest BCUT2D eigenvalue weighted by Gasteiger charge is -2.25. The number of ketones is 1. The standard InChI is InChI=1S/C19H19FO/c1-13-9-10-16(11-18(13)20)19(21)12-15-7-4-6-14-5-2-3-8-17(14)15/h2-3,5,8-11,15H,4,6-7,12H2,1H3. The van der Waals surface area contributed by atoms with Crippen molar-refractivity contribution in [2.75, 3.05) is 0 Å². The van der Waals surface area contributed by atoms with Crippen LogP contribution in [0.1, 0.15) is 52.2 Å². The molecule has 0 N–H and O–H groups in total. The van der Waals surface area contributed by atoms with Gasteiger partial charge in [0.15, 0.2) is 5.78 Å². The quantitative estimate of drug-likeness (QED) is 0.737. The van der Waals surface area contributed by atoms with Gasteiger partial charge in [-0.1, -0.05) is 36.4 Å². The molecule has 1 aliphatic rings. The van der Waals surface area contributed by atoms with Crippen molar-refractivity contribution in [3.05, 3.63) is 70.5 Å². The zero-order valence-corrected chi connectivity index (χ0v) is 12.2. The highest BCUT2D eigenvalue weighted by atomic mass is 19.1. The van der Waals surface area contributed by atoms with Crippen LogP contribution in [0, 0.1) is 12.7 Å². The SMILES string of the molecule is Cc1ccc(C(=O)CC2CCCc3ccccc32)cc1F. The van der Waals surface area contributed by atoms with E-state index in [-0.39, 0.29) is 17.5 Å². The summed E-state index contributed by atoms with van der Waals surface area (Å²) >= 11 is 0. The number of Topliss-reactive ketones (excluding diaryl/α,β-unsaturated/α-hetero) is 1. The highest BCUT2D eigenvalue weighted by molar-refractivity contribution is 5.96. The summed E-state index contributed by atoms with van der Waals surface area (Å²) in [6.45, 7) is 1.71. The molecule has 0 heterocycles. The number of benzene rings is 2. The molecule has 0 saturated carbocycles. The topological polar surface area (TPSA) is 17.1 Å². The van der Waals surface area contributed by atoms with Gasteiger partial charge in [0, 0.05) is 12.0 Å². The predicted molar refractivity (Wildman–Crippen MR) is 82.2 cm³/mol. The zero-order valence-electron chi connectivity index (χ0n) is 12.2. The van der Waals surface area contributed by atoms with Crippen molar-refractivity contribution >= 4 is 5.78 Å². The third kappa shape index (κ3) is 2.90. The molecule has 0 bridgehead atoms. The van der Waals surface area contributed by atoms with Crippen LogP contribution in [0.25, 0.3) is 0 Å². The molecule has 0 aliphatic heterocycles. The van der Waals surface area contributed by atoms with E-state index in [1.165, 1.54) is 17.2 Å². The molecule has 108 valence electrons. The van der Waals surface area contributed by atoms with Gasteiger partial charge in [-0.3, -0.25) is 4.79 Å². The Hall–Kier alpha value is -1.96. The minimum absolute atomic E-state index is 0.0376. The summed E-state index contributed by atoms with van der Waals surface area (Å²) in [6, 6.07) is 13.1. The van der Waals surface area contributed by atoms with E-state index in [1.807, 2.05) is 6.07 Å². The average molecular weight is 282 g/mol. The molecule has 2 heteroatoms. The number of carbonyl (C=O) groups excluding carboxylic acids is 1. The summed E-state index contributed by atoms with van der Waals surface area (Å²) in [4.78, 5) is 12.4. The molecule has 21 heavy (non-hydrogen) atoms. The Balaban J connectivity index is 1.81. The number of aryl methyl sites for hydroxylation is 2. The normalized spacial score (nSPS) is 17.3. The van der Waals surface area contributed by atoms with Crippen molar-refractivity contribution in [2.24, 2.45) is 0 Å². The maximum Gasteiger partial charge on any atom is 0.163 e. The van der Waals surface area contributed by atoms with E-state index in [0.29, 0.717) is 17.5 Å². The number of hydrogen-bond acceptors (Lipinski definition) is 1. The number of halogens is 1. The second-order valence-corrected chi connectivity index (χ2v) is 5.88. The fourth-order valence-corrected chi connectivity index (χ4v) is 3.17. The average Bonchev–Trinajstić information content (AvgIpc) is 2.50. The van der Waals surface area contributed by atoms with E-state index in [0.717, 1.165) is 19.3 Å². The zero-order chi connectivity index (χ0) is 14.8. The lowest BCUT2D eigenvalue weighted by molar-refractivity contribution is 0.0970. The van der Waals surface area contributed by atoms with Crippen LogP contribution in [-0.4, -0.2) is 5.78 Å². The molecule has 0 amide bonds. The van der Waals surface area contributed by atoms with E-state index in [9.17, 15) is 9.18 Å². The predicted octanol–water partition coefficient (Wildman–Crippen LogP) is 4.83. The third-order valence-electron chi connectivity index (χ3n) is 4.42. The summed E-state index contributed by atoms with van der Waals surface area (Å²) in [7, 11) is 0. The molecule has 0 aromatic heterocycles. The number of carbonyl (C=O) groups is 1. The molecule has 0 fully saturated rings. The second kappa shape index (κ2) is 5.80. The molecule has 3 rings (SSSR count). The highest BCUT2D eigenvalue weighted by Crippen LogP contribution is 2.34. The van der Waals surface area contributed by atoms with Gasteiger partial charge < -0.3 is 0 Å². The number of hydrogen-bond donors (Lipinski definition) is 0. The van der Waals surface area contributed by atoms with Crippen LogP contribution >= 0.6 is 0 Å². The first-order valence-electron chi connectivity index (χ1n) is 7.52. The van der Waals surface area contributed by atoms with Crippen molar-refractivity contribution in [2.45, 2.75) is 38.5 Å². The van der Waals surface area contributed by atoms with E-state index >= 15 is 0 Å². The first-order chi connectivity index (χ1) is 10.1. The van der Waals surface area contributed by atoms with Crippen LogP contribution in [0.4, 0.5) is 4.39 Å². The molecule has 2 aromatic rings. The summed E-state index contributed by atoms with van der Waals surface area (Å²) in [5, 5.41) is 0. The molecule has 0 spiro atoms. The Morgan fingerprint density at radius 2 is 2.05 bits per heavy atom. The number of fused-ring (bicyclic) bond motifs is 1. The van der Waals surface area contributed by atoms with Gasteiger partial charge >= 0.3 is 0 Å². The van der Waals surface area contributed by atoms with Crippen LogP contribution < -0.4 is 0 Å². The lowest BCUT2D eigenvalue weighted by Crippen LogP contribution is -2.14. The highest BCUT2D eigenvalue weighted by Gasteiger charge is 2.23. The van der Waals surface area contributed by atoms with Crippen LogP contribution in [-0.2, 0) is 6.42 Å². The summed E-state index contributed by atoms with van der Waals surface area (Å²) in [5.41, 5.74) is 3.72. The van der Waals surface area contributed by atoms with Gasteiger partial charge in [-0.05, 0) is 54.9 Å². The molecule has 0 saturated heterocycles. The fourth-order valence-electron chi connectivity index (χ4n) is 3.17. The van der Waals surface area contributed by atoms with Crippen LogP contribution in [0.5, 0.6) is 0 Å². The van der Waals surface area contributed by atoms with Crippen molar-refractivity contribution in [1.82, 2.24) is 0 Å². The Bertz CT molecular complexity index is 675. The van der Waals surface area contributed by atoms with E-state index < -0.39 is 0 Å². The van der Waals surface area contributed by atoms with E-state index in [2.05, 4.69) is 18.2 Å². The summed E-state index contributed by atoms with van der Waals surface area (Å²) in [5.74, 6) is 0.00677. The summed E-state index contributed by atoms with van der Waals surface area (Å²) in [6.07, 6.45) is 3.73. The Morgan fingerprint density at radius 1 is 1.24 bits per heavy atom. The first kappa shape index (κ1) is 14.0. The lowest BCUT2D eigenvalue weighted by atomic mass is 9.79. The van der Waals surface area contributed by atoms with Crippen LogP contribution in [0.2, 0.25) is 0 Å². The van der Waals surface area contributed by atoms with Crippen molar-refractivity contribution in [3.63, 3.8) is 0 Å². The van der Waals surface area contributed by atoms with Gasteiger partial charge in [0.25, 0.3) is 0 Å². The monoisotopic (exact) mass is 282 g/mol. The molecule has 1 aliphatic carbocycles. The van der Waals surface area contributed by atoms with Crippen LogP contribution in [0.3, 0.4) is 0 Å². The molecule has 1 unspecified atom stereocenters. The maximum absolute atomic E-state index is 13.6. The first-order valence-corrected chi connectivity index (χ1v) is 7.52. The van der Waals surface area contributed by atoms with E-state index in [1.54, 1.807) is 19.1 Å². The van der Waals surface area contributed by atoms with Gasteiger partial charge in [-0.15, -0.1) is 0 Å². The Labute approximate surface area is 124 Å². The van der Waals surface area contributed by atoms with Gasteiger partial charge in [-0.2, -0.15) is 0 Å². The maximum atomic E-state index is 13.6. The molecule has 1 nitrogen and oxygen atoms in total. The van der Waals surface area contributed by atoms with Gasteiger partial charge in [0.2, 0.25) is 0 Å². The smallest absolute Gasteiger partial charge is 0.163 e. The molecular weight excluding hydrogens is 263 g/mol. The van der Waals surface area contributed by atoms with Crippen LogP contribution in [0.15, 0.2) is 42.5 Å². The minimum atomic E-state index is -0.301. The van der Waals surface area contributed by atoms with Crippen molar-refractivity contribution in [3.8, 4) is 0 Å². The van der Waals surface area contributed by atoms with Gasteiger partial charge in [0.05, 0.1) is 0 Å². The number of rotatable bonds is 3. The van der Waals surface area contributed by atoms with Gasteiger partial charge in [-0.25, -0.2) is 4.39 Å². The van der Waals surface area contributed by atoms with Gasteiger partial charge in [0.1, 0.15) is 5.82 Å². The molecule has 2 aromatic carbocycles.